The summed E-state index contributed by atoms with van der Waals surface area (Å²) in [5.74, 6) is 1.71. The monoisotopic (exact) mass is 832 g/mol. The third kappa shape index (κ3) is 13.3. The van der Waals surface area contributed by atoms with Gasteiger partial charge in [-0.3, -0.25) is 0 Å². The molecule has 0 unspecified atom stereocenters. The fraction of sp³-hybridized carbons (Fsp3) is 0.500. The molecule has 0 atom stereocenters. The molecule has 7 nitrogen and oxygen atoms in total. The molecule has 0 spiro atoms. The number of halogens is 1. The molecule has 6 aromatic rings. The average molecular weight is 833 g/mol. The quantitative estimate of drug-likeness (QED) is 0.0377. The van der Waals surface area contributed by atoms with Crippen LogP contribution in [-0.2, 0) is 0 Å². The summed E-state index contributed by atoms with van der Waals surface area (Å²) in [4.78, 5) is 12.3. The summed E-state index contributed by atoms with van der Waals surface area (Å²) >= 11 is 6.30. The van der Waals surface area contributed by atoms with Crippen LogP contribution in [0.3, 0.4) is 0 Å². The summed E-state index contributed by atoms with van der Waals surface area (Å²) in [5.41, 5.74) is 7.46. The van der Waals surface area contributed by atoms with Crippen molar-refractivity contribution in [2.75, 3.05) is 58.1 Å². The lowest BCUT2D eigenvalue weighted by atomic mass is 10.0. The Labute approximate surface area is 365 Å². The Bertz CT molecular complexity index is 2090. The van der Waals surface area contributed by atoms with Crippen LogP contribution in [0.4, 0.5) is 11.4 Å². The molecule has 322 valence electrons. The number of pyridine rings is 2. The number of methoxy groups -OCH3 is 2. The smallest absolute Gasteiger partial charge is 0.119 e. The first-order valence-electron chi connectivity index (χ1n) is 23.0. The van der Waals surface area contributed by atoms with Crippen molar-refractivity contribution in [3.63, 3.8) is 0 Å². The van der Waals surface area contributed by atoms with Gasteiger partial charge in [0, 0.05) is 39.7 Å². The lowest BCUT2D eigenvalue weighted by Gasteiger charge is -2.16. The van der Waals surface area contributed by atoms with Crippen LogP contribution in [0.5, 0.6) is 11.5 Å². The first-order chi connectivity index (χ1) is 29.4. The zero-order chi connectivity index (χ0) is 41.9. The molecule has 0 aliphatic carbocycles. The number of hydrogen-bond donors (Lipinski definition) is 2. The van der Waals surface area contributed by atoms with Gasteiger partial charge in [0.1, 0.15) is 11.5 Å². The molecular formula is C52H70ClN5O2. The molecule has 0 fully saturated rings. The number of ether oxygens (including phenoxy) is 2. The summed E-state index contributed by atoms with van der Waals surface area (Å²) in [6.07, 6.45) is 23.8. The van der Waals surface area contributed by atoms with Crippen molar-refractivity contribution in [2.24, 2.45) is 0 Å². The van der Waals surface area contributed by atoms with E-state index in [9.17, 15) is 0 Å². The molecule has 0 radical (unpaired) electrons. The van der Waals surface area contributed by atoms with Crippen LogP contribution in [0.15, 0.2) is 72.8 Å². The molecule has 2 N–H and O–H groups in total. The van der Waals surface area contributed by atoms with Crippen molar-refractivity contribution in [3.05, 3.63) is 83.4 Å². The number of benzene rings is 4. The number of aromatic nitrogens is 2. The number of unbranched alkanes of at least 4 members (excludes halogenated alkanes) is 16. The molecule has 6 rings (SSSR count). The fourth-order valence-corrected chi connectivity index (χ4v) is 8.76. The van der Waals surface area contributed by atoms with E-state index in [1.54, 1.807) is 14.2 Å². The zero-order valence-electron chi connectivity index (χ0n) is 37.0. The summed E-state index contributed by atoms with van der Waals surface area (Å²) in [6.45, 7) is 6.54. The van der Waals surface area contributed by atoms with Crippen LogP contribution < -0.4 is 20.1 Å². The maximum atomic E-state index is 6.30. The lowest BCUT2D eigenvalue weighted by molar-refractivity contribution is 0.314. The molecule has 0 amide bonds. The molecule has 0 aliphatic heterocycles. The highest BCUT2D eigenvalue weighted by molar-refractivity contribution is 6.31. The van der Waals surface area contributed by atoms with Gasteiger partial charge in [-0.1, -0.05) is 114 Å². The molecule has 0 saturated heterocycles. The van der Waals surface area contributed by atoms with Crippen LogP contribution in [0.1, 0.15) is 121 Å². The molecule has 8 heteroatoms. The Morgan fingerprint density at radius 1 is 0.467 bits per heavy atom. The predicted molar refractivity (Wildman–Crippen MR) is 259 cm³/mol. The highest BCUT2D eigenvalue weighted by atomic mass is 35.5. The number of nitrogens with one attached hydrogen (secondary N) is 2. The van der Waals surface area contributed by atoms with E-state index in [1.165, 1.54) is 139 Å². The van der Waals surface area contributed by atoms with Crippen molar-refractivity contribution < 1.29 is 9.47 Å². The van der Waals surface area contributed by atoms with E-state index in [0.717, 1.165) is 74.9 Å². The van der Waals surface area contributed by atoms with E-state index >= 15 is 0 Å². The van der Waals surface area contributed by atoms with E-state index in [0.29, 0.717) is 5.02 Å². The Morgan fingerprint density at radius 2 is 0.883 bits per heavy atom. The van der Waals surface area contributed by atoms with Gasteiger partial charge in [-0.15, -0.1) is 0 Å². The summed E-state index contributed by atoms with van der Waals surface area (Å²) < 4.78 is 11.0. The van der Waals surface area contributed by atoms with Gasteiger partial charge in [-0.2, -0.15) is 0 Å². The topological polar surface area (TPSA) is 71.5 Å². The van der Waals surface area contributed by atoms with Crippen LogP contribution in [0.25, 0.3) is 43.6 Å². The molecule has 2 heterocycles. The number of anilines is 2. The molecular weight excluding hydrogens is 762 g/mol. The van der Waals surface area contributed by atoms with Crippen LogP contribution in [0.2, 0.25) is 5.02 Å². The maximum absolute atomic E-state index is 6.30. The van der Waals surface area contributed by atoms with Gasteiger partial charge in [0.25, 0.3) is 0 Å². The number of hydrogen-bond acceptors (Lipinski definition) is 7. The molecule has 0 bridgehead atoms. The van der Waals surface area contributed by atoms with Gasteiger partial charge in [0.05, 0.1) is 47.7 Å². The van der Waals surface area contributed by atoms with E-state index in [2.05, 4.69) is 72.0 Å². The van der Waals surface area contributed by atoms with Crippen molar-refractivity contribution in [2.45, 2.75) is 122 Å². The summed E-state index contributed by atoms with van der Waals surface area (Å²) in [5, 5.41) is 12.7. The minimum Gasteiger partial charge on any atom is -0.497 e. The molecule has 0 aliphatic rings. The van der Waals surface area contributed by atoms with E-state index in [1.807, 2.05) is 30.3 Å². The van der Waals surface area contributed by atoms with Crippen LogP contribution in [0, 0.1) is 6.92 Å². The minimum absolute atomic E-state index is 0.708. The summed E-state index contributed by atoms with van der Waals surface area (Å²) in [6, 6.07) is 24.8. The Balaban J connectivity index is 0.728. The second-order valence-corrected chi connectivity index (χ2v) is 17.4. The molecule has 0 saturated carbocycles. The van der Waals surface area contributed by atoms with Gasteiger partial charge in [0.15, 0.2) is 0 Å². The normalized spacial score (nSPS) is 11.7. The molecule has 2 aromatic heterocycles. The average Bonchev–Trinajstić information content (AvgIpc) is 3.25. The maximum Gasteiger partial charge on any atom is 0.119 e. The first kappa shape index (κ1) is 45.2. The number of nitrogens with zero attached hydrogens (tertiary/aromatic N) is 3. The number of fused-ring (bicyclic) bond motifs is 4. The lowest BCUT2D eigenvalue weighted by Crippen LogP contribution is -2.20. The Morgan fingerprint density at radius 3 is 1.35 bits per heavy atom. The standard InChI is InChI=1S/C52H70ClN5O2/c1-39-23-27-43-49(35-39)56-47-29-25-41(59-3)37-45(47)51(43)54-31-19-15-11-7-5-9-13-17-21-33-58(2)34-22-18-14-10-6-8-12-16-20-32-55-52-44-28-24-40(53)36-50(44)57-48-30-26-42(60-4)38-46(48)52/h23-30,35-38H,5-22,31-34H2,1-4H3,(H,54,56)(H,55,57). The third-order valence-electron chi connectivity index (χ3n) is 12.1. The van der Waals surface area contributed by atoms with Gasteiger partial charge in [-0.25, -0.2) is 9.97 Å². The first-order valence-corrected chi connectivity index (χ1v) is 23.4. The molecule has 60 heavy (non-hydrogen) atoms. The molecule has 4 aromatic carbocycles. The highest BCUT2D eigenvalue weighted by Gasteiger charge is 2.12. The van der Waals surface area contributed by atoms with Crippen molar-refractivity contribution in [1.82, 2.24) is 14.9 Å². The van der Waals surface area contributed by atoms with Crippen molar-refractivity contribution in [1.29, 1.82) is 0 Å². The Kier molecular flexibility index (Phi) is 18.2. The van der Waals surface area contributed by atoms with Crippen molar-refractivity contribution in [3.8, 4) is 11.5 Å². The van der Waals surface area contributed by atoms with E-state index in [-0.39, 0.29) is 0 Å². The fourth-order valence-electron chi connectivity index (χ4n) is 8.59. The summed E-state index contributed by atoms with van der Waals surface area (Å²) in [7, 11) is 5.75. The van der Waals surface area contributed by atoms with Gasteiger partial charge < -0.3 is 25.0 Å². The van der Waals surface area contributed by atoms with Gasteiger partial charge in [-0.05, 0) is 119 Å². The van der Waals surface area contributed by atoms with Crippen LogP contribution in [-0.4, -0.2) is 62.3 Å². The van der Waals surface area contributed by atoms with Crippen molar-refractivity contribution >= 4 is 66.6 Å². The third-order valence-corrected chi connectivity index (χ3v) is 12.4. The van der Waals surface area contributed by atoms with E-state index in [4.69, 9.17) is 31.0 Å². The van der Waals surface area contributed by atoms with Gasteiger partial charge >= 0.3 is 0 Å². The second-order valence-electron chi connectivity index (χ2n) is 16.9. The highest BCUT2D eigenvalue weighted by Crippen LogP contribution is 2.35. The predicted octanol–water partition coefficient (Wildman–Crippen LogP) is 14.5. The van der Waals surface area contributed by atoms with Crippen LogP contribution >= 0.6 is 11.6 Å². The largest absolute Gasteiger partial charge is 0.497 e. The van der Waals surface area contributed by atoms with E-state index < -0.39 is 0 Å². The minimum atomic E-state index is 0.708. The number of rotatable bonds is 28. The SMILES string of the molecule is COc1ccc2nc3cc(C)ccc3c(NCCCCCCCCCCCN(C)CCCCCCCCCCCNc3c4ccc(Cl)cc4nc4ccc(OC)cc34)c2c1. The second kappa shape index (κ2) is 24.2. The van der Waals surface area contributed by atoms with Gasteiger partial charge in [0.2, 0.25) is 0 Å². The Hall–Kier alpha value is -4.33. The zero-order valence-corrected chi connectivity index (χ0v) is 37.8. The number of aryl methyl sites for hydroxylation is 1.